The Morgan fingerprint density at radius 2 is 1.85 bits per heavy atom. The molecule has 0 fully saturated rings. The largest absolute Gasteiger partial charge is 0.495 e. The fourth-order valence-electron chi connectivity index (χ4n) is 2.18. The minimum atomic E-state index is -0.485. The molecular formula is C18H14ClFN4O2. The Morgan fingerprint density at radius 1 is 1.08 bits per heavy atom. The fourth-order valence-corrected chi connectivity index (χ4v) is 2.43. The van der Waals surface area contributed by atoms with Crippen LogP contribution in [-0.4, -0.2) is 23.2 Å². The topological polar surface area (TPSA) is 76.1 Å². The molecule has 0 bridgehead atoms. The molecular weight excluding hydrogens is 359 g/mol. The molecule has 2 N–H and O–H groups in total. The minimum Gasteiger partial charge on any atom is -0.495 e. The van der Waals surface area contributed by atoms with Gasteiger partial charge in [-0.05, 0) is 48.5 Å². The maximum Gasteiger partial charge on any atom is 0.256 e. The van der Waals surface area contributed by atoms with Crippen LogP contribution >= 0.6 is 11.6 Å². The molecule has 0 aliphatic rings. The maximum atomic E-state index is 13.2. The summed E-state index contributed by atoms with van der Waals surface area (Å²) in [5.74, 6) is 0.328. The van der Waals surface area contributed by atoms with Gasteiger partial charge in [-0.3, -0.25) is 4.79 Å². The molecule has 0 saturated heterocycles. The van der Waals surface area contributed by atoms with Gasteiger partial charge < -0.3 is 15.4 Å². The zero-order chi connectivity index (χ0) is 18.5. The number of nitrogens with zero attached hydrogens (tertiary/aromatic N) is 2. The van der Waals surface area contributed by atoms with E-state index in [9.17, 15) is 9.18 Å². The number of hydrogen-bond acceptors (Lipinski definition) is 5. The molecule has 0 unspecified atom stereocenters. The molecule has 8 heteroatoms. The van der Waals surface area contributed by atoms with Crippen molar-refractivity contribution in [3.05, 3.63) is 71.0 Å². The predicted octanol–water partition coefficient (Wildman–Crippen LogP) is 4.27. The molecule has 3 rings (SSSR count). The van der Waals surface area contributed by atoms with Crippen LogP contribution in [0.2, 0.25) is 5.02 Å². The van der Waals surface area contributed by atoms with Crippen molar-refractivity contribution in [2.24, 2.45) is 0 Å². The van der Waals surface area contributed by atoms with Gasteiger partial charge in [0.1, 0.15) is 11.6 Å². The summed E-state index contributed by atoms with van der Waals surface area (Å²) in [7, 11) is 1.54. The summed E-state index contributed by atoms with van der Waals surface area (Å²) < 4.78 is 18.3. The Kier molecular flexibility index (Phi) is 5.28. The molecule has 0 spiro atoms. The van der Waals surface area contributed by atoms with E-state index < -0.39 is 11.7 Å². The van der Waals surface area contributed by atoms with Gasteiger partial charge in [0.2, 0.25) is 0 Å². The van der Waals surface area contributed by atoms with Crippen LogP contribution in [0.5, 0.6) is 5.75 Å². The van der Waals surface area contributed by atoms with E-state index in [1.807, 2.05) is 0 Å². The summed E-state index contributed by atoms with van der Waals surface area (Å²) in [6.45, 7) is 0. The van der Waals surface area contributed by atoms with Crippen molar-refractivity contribution in [1.29, 1.82) is 0 Å². The van der Waals surface area contributed by atoms with Gasteiger partial charge in [0.05, 0.1) is 12.1 Å². The highest BCUT2D eigenvalue weighted by molar-refractivity contribution is 6.32. The number of amides is 1. The van der Waals surface area contributed by atoms with Crippen LogP contribution in [0.3, 0.4) is 0 Å². The standard InChI is InChI=1S/C18H14ClFN4O2/c1-26-15-6-5-13(10-14(15)19)21-16-7-8-17(24-23-16)22-18(25)11-3-2-4-12(20)9-11/h2-10H,1H3,(H,21,23)(H,22,24,25). The molecule has 1 aromatic heterocycles. The lowest BCUT2D eigenvalue weighted by Gasteiger charge is -2.09. The summed E-state index contributed by atoms with van der Waals surface area (Å²) in [6, 6.07) is 13.8. The second-order valence-corrected chi connectivity index (χ2v) is 5.65. The zero-order valence-corrected chi connectivity index (χ0v) is 14.4. The third-order valence-corrected chi connectivity index (χ3v) is 3.71. The van der Waals surface area contributed by atoms with Crippen molar-refractivity contribution in [2.75, 3.05) is 17.7 Å². The number of benzene rings is 2. The van der Waals surface area contributed by atoms with Gasteiger partial charge in [0.15, 0.2) is 11.6 Å². The number of methoxy groups -OCH3 is 1. The maximum absolute atomic E-state index is 13.2. The average molecular weight is 373 g/mol. The van der Waals surface area contributed by atoms with Crippen LogP contribution < -0.4 is 15.4 Å². The lowest BCUT2D eigenvalue weighted by molar-refractivity contribution is 0.102. The molecule has 6 nitrogen and oxygen atoms in total. The van der Waals surface area contributed by atoms with Gasteiger partial charge in [0, 0.05) is 11.3 Å². The second kappa shape index (κ2) is 7.79. The van der Waals surface area contributed by atoms with E-state index in [-0.39, 0.29) is 11.4 Å². The number of nitrogens with one attached hydrogen (secondary N) is 2. The molecule has 1 heterocycles. The minimum absolute atomic E-state index is 0.196. The van der Waals surface area contributed by atoms with Crippen molar-refractivity contribution in [2.45, 2.75) is 0 Å². The summed E-state index contributed by atoms with van der Waals surface area (Å²) in [5.41, 5.74) is 0.906. The van der Waals surface area contributed by atoms with E-state index in [2.05, 4.69) is 20.8 Å². The number of ether oxygens (including phenoxy) is 1. The normalized spacial score (nSPS) is 10.3. The van der Waals surface area contributed by atoms with Crippen molar-refractivity contribution < 1.29 is 13.9 Å². The van der Waals surface area contributed by atoms with E-state index in [0.29, 0.717) is 22.3 Å². The van der Waals surface area contributed by atoms with Gasteiger partial charge in [-0.25, -0.2) is 4.39 Å². The summed E-state index contributed by atoms with van der Waals surface area (Å²) >= 11 is 6.07. The van der Waals surface area contributed by atoms with Crippen molar-refractivity contribution in [3.63, 3.8) is 0 Å². The summed E-state index contributed by atoms with van der Waals surface area (Å²) in [6.07, 6.45) is 0. The number of rotatable bonds is 5. The Labute approximate surface area is 154 Å². The predicted molar refractivity (Wildman–Crippen MR) is 97.7 cm³/mol. The van der Waals surface area contributed by atoms with Gasteiger partial charge in [0.25, 0.3) is 5.91 Å². The van der Waals surface area contributed by atoms with Gasteiger partial charge in [-0.2, -0.15) is 0 Å². The number of carbonyl (C=O) groups is 1. The smallest absolute Gasteiger partial charge is 0.256 e. The number of aromatic nitrogens is 2. The molecule has 0 aliphatic carbocycles. The number of hydrogen-bond donors (Lipinski definition) is 2. The first-order valence-corrected chi connectivity index (χ1v) is 7.94. The number of halogens is 2. The zero-order valence-electron chi connectivity index (χ0n) is 13.7. The summed E-state index contributed by atoms with van der Waals surface area (Å²) in [5, 5.41) is 14.0. The average Bonchev–Trinajstić information content (AvgIpc) is 2.63. The molecule has 0 aliphatic heterocycles. The van der Waals surface area contributed by atoms with Crippen molar-refractivity contribution in [3.8, 4) is 5.75 Å². The first kappa shape index (κ1) is 17.6. The summed E-state index contributed by atoms with van der Waals surface area (Å²) in [4.78, 5) is 12.1. The van der Waals surface area contributed by atoms with Gasteiger partial charge in [-0.15, -0.1) is 10.2 Å². The van der Waals surface area contributed by atoms with E-state index in [1.54, 1.807) is 30.3 Å². The lowest BCUT2D eigenvalue weighted by atomic mass is 10.2. The van der Waals surface area contributed by atoms with Crippen LogP contribution in [0.4, 0.5) is 21.7 Å². The van der Waals surface area contributed by atoms with Crippen molar-refractivity contribution in [1.82, 2.24) is 10.2 Å². The highest BCUT2D eigenvalue weighted by atomic mass is 35.5. The van der Waals surface area contributed by atoms with Gasteiger partial charge >= 0.3 is 0 Å². The lowest BCUT2D eigenvalue weighted by Crippen LogP contribution is -2.13. The van der Waals surface area contributed by atoms with E-state index in [0.717, 1.165) is 6.07 Å². The molecule has 3 aromatic rings. The van der Waals surface area contributed by atoms with Crippen LogP contribution in [0.1, 0.15) is 10.4 Å². The SMILES string of the molecule is COc1ccc(Nc2ccc(NC(=O)c3cccc(F)c3)nn2)cc1Cl. The molecule has 132 valence electrons. The quantitative estimate of drug-likeness (QED) is 0.699. The Hall–Kier alpha value is -3.19. The first-order valence-electron chi connectivity index (χ1n) is 7.56. The third kappa shape index (κ3) is 4.25. The Bertz CT molecular complexity index is 935. The number of carbonyl (C=O) groups excluding carboxylic acids is 1. The van der Waals surface area contributed by atoms with Crippen LogP contribution in [0, 0.1) is 5.82 Å². The molecule has 0 atom stereocenters. The molecule has 26 heavy (non-hydrogen) atoms. The molecule has 0 saturated carbocycles. The third-order valence-electron chi connectivity index (χ3n) is 3.42. The van der Waals surface area contributed by atoms with Crippen LogP contribution in [0.15, 0.2) is 54.6 Å². The molecule has 0 radical (unpaired) electrons. The second-order valence-electron chi connectivity index (χ2n) is 5.24. The van der Waals surface area contributed by atoms with E-state index in [1.165, 1.54) is 25.3 Å². The Morgan fingerprint density at radius 3 is 2.50 bits per heavy atom. The number of anilines is 3. The fraction of sp³-hybridized carbons (Fsp3) is 0.0556. The monoisotopic (exact) mass is 372 g/mol. The highest BCUT2D eigenvalue weighted by Gasteiger charge is 2.08. The van der Waals surface area contributed by atoms with Crippen LogP contribution in [0.25, 0.3) is 0 Å². The van der Waals surface area contributed by atoms with Crippen LogP contribution in [-0.2, 0) is 0 Å². The molecule has 2 aromatic carbocycles. The first-order chi connectivity index (χ1) is 12.5. The van der Waals surface area contributed by atoms with Gasteiger partial charge in [-0.1, -0.05) is 17.7 Å². The van der Waals surface area contributed by atoms with Crippen molar-refractivity contribution >= 4 is 34.8 Å². The highest BCUT2D eigenvalue weighted by Crippen LogP contribution is 2.28. The Balaban J connectivity index is 1.66. The van der Waals surface area contributed by atoms with E-state index >= 15 is 0 Å². The van der Waals surface area contributed by atoms with E-state index in [4.69, 9.17) is 16.3 Å². The molecule has 1 amide bonds.